The summed E-state index contributed by atoms with van der Waals surface area (Å²) < 4.78 is 5.85. The highest BCUT2D eigenvalue weighted by Gasteiger charge is 2.25. The molecule has 0 radical (unpaired) electrons. The van der Waals surface area contributed by atoms with Crippen LogP contribution in [0.3, 0.4) is 0 Å². The molecule has 0 unspecified atom stereocenters. The quantitative estimate of drug-likeness (QED) is 0.705. The van der Waals surface area contributed by atoms with Crippen LogP contribution in [0.2, 0.25) is 5.02 Å². The smallest absolute Gasteiger partial charge is 0.122 e. The van der Waals surface area contributed by atoms with Crippen molar-refractivity contribution in [2.75, 3.05) is 26.2 Å². The number of halogens is 1. The van der Waals surface area contributed by atoms with Gasteiger partial charge in [-0.15, -0.1) is 0 Å². The molecule has 1 aromatic carbocycles. The van der Waals surface area contributed by atoms with E-state index in [-0.39, 0.29) is 0 Å². The van der Waals surface area contributed by atoms with Crippen LogP contribution in [0.5, 0.6) is 5.75 Å². The average Bonchev–Trinajstić information content (AvgIpc) is 2.99. The van der Waals surface area contributed by atoms with Crippen LogP contribution in [0.15, 0.2) is 18.2 Å². The molecule has 1 aliphatic heterocycles. The molecule has 0 aromatic heterocycles. The minimum Gasteiger partial charge on any atom is -0.494 e. The third kappa shape index (κ3) is 4.37. The van der Waals surface area contributed by atoms with Crippen molar-refractivity contribution in [3.8, 4) is 5.75 Å². The van der Waals surface area contributed by atoms with Gasteiger partial charge in [0, 0.05) is 23.0 Å². The minimum absolute atomic E-state index is 0.494. The summed E-state index contributed by atoms with van der Waals surface area (Å²) in [6.45, 7) is 10.9. The van der Waals surface area contributed by atoms with Crippen LogP contribution in [-0.4, -0.2) is 31.1 Å². The van der Waals surface area contributed by atoms with E-state index in [1.165, 1.54) is 37.9 Å². The average molecular weight is 310 g/mol. The lowest BCUT2D eigenvalue weighted by molar-refractivity contribution is 0.265. The summed E-state index contributed by atoms with van der Waals surface area (Å²) in [5.74, 6) is 2.13. The van der Waals surface area contributed by atoms with E-state index in [9.17, 15) is 0 Å². The Morgan fingerprint density at radius 1 is 1.24 bits per heavy atom. The molecule has 2 nitrogen and oxygen atoms in total. The van der Waals surface area contributed by atoms with E-state index in [1.54, 1.807) is 0 Å². The third-order valence-corrected chi connectivity index (χ3v) is 4.89. The lowest BCUT2D eigenvalue weighted by Gasteiger charge is -2.29. The number of likely N-dealkylation sites (tertiary alicyclic amines) is 1. The fourth-order valence-corrected chi connectivity index (χ4v) is 3.39. The maximum atomic E-state index is 6.26. The van der Waals surface area contributed by atoms with Crippen molar-refractivity contribution in [3.05, 3.63) is 28.8 Å². The predicted octanol–water partition coefficient (Wildman–Crippen LogP) is 4.96. The van der Waals surface area contributed by atoms with Gasteiger partial charge in [-0.1, -0.05) is 31.9 Å². The topological polar surface area (TPSA) is 12.5 Å². The number of ether oxygens (including phenoxy) is 1. The lowest BCUT2D eigenvalue weighted by Crippen LogP contribution is -2.29. The van der Waals surface area contributed by atoms with E-state index in [1.807, 2.05) is 19.1 Å². The van der Waals surface area contributed by atoms with Gasteiger partial charge in [-0.3, -0.25) is 0 Å². The SMILES string of the molecule is CCOc1ccc(Cl)cc1[C@H](CN1CCCC1)[C@@H](C)CC. The molecule has 0 N–H and O–H groups in total. The molecule has 1 heterocycles. The standard InChI is InChI=1S/C18H28ClNO/c1-4-14(3)17(13-20-10-6-7-11-20)16-12-15(19)8-9-18(16)21-5-2/h8-9,12,14,17H,4-7,10-11,13H2,1-3H3/t14-,17+/m0/s1. The van der Waals surface area contributed by atoms with Gasteiger partial charge in [0.25, 0.3) is 0 Å². The van der Waals surface area contributed by atoms with Gasteiger partial charge in [-0.25, -0.2) is 0 Å². The largest absolute Gasteiger partial charge is 0.494 e. The molecule has 1 aromatic rings. The number of hydrogen-bond acceptors (Lipinski definition) is 2. The first kappa shape index (κ1) is 16.6. The van der Waals surface area contributed by atoms with Crippen LogP contribution in [-0.2, 0) is 0 Å². The number of hydrogen-bond donors (Lipinski definition) is 0. The first-order valence-electron chi connectivity index (χ1n) is 8.30. The Kier molecular flexibility index (Phi) is 6.38. The van der Waals surface area contributed by atoms with Crippen LogP contribution < -0.4 is 4.74 Å². The summed E-state index contributed by atoms with van der Waals surface area (Å²) in [6.07, 6.45) is 3.85. The van der Waals surface area contributed by atoms with Crippen molar-refractivity contribution in [3.63, 3.8) is 0 Å². The van der Waals surface area contributed by atoms with Crippen LogP contribution in [0, 0.1) is 5.92 Å². The second kappa shape index (κ2) is 8.05. The van der Waals surface area contributed by atoms with E-state index in [0.717, 1.165) is 17.3 Å². The van der Waals surface area contributed by atoms with Gasteiger partial charge < -0.3 is 9.64 Å². The summed E-state index contributed by atoms with van der Waals surface area (Å²) in [7, 11) is 0. The van der Waals surface area contributed by atoms with Gasteiger partial charge in [-0.2, -0.15) is 0 Å². The highest BCUT2D eigenvalue weighted by atomic mass is 35.5. The first-order chi connectivity index (χ1) is 10.2. The van der Waals surface area contributed by atoms with Crippen molar-refractivity contribution in [1.82, 2.24) is 4.90 Å². The Hall–Kier alpha value is -0.730. The fraction of sp³-hybridized carbons (Fsp3) is 0.667. The Labute approximate surface area is 134 Å². The van der Waals surface area contributed by atoms with Gasteiger partial charge in [0.1, 0.15) is 5.75 Å². The Morgan fingerprint density at radius 3 is 2.57 bits per heavy atom. The van der Waals surface area contributed by atoms with Gasteiger partial charge in [0.05, 0.1) is 6.61 Å². The second-order valence-electron chi connectivity index (χ2n) is 6.11. The molecule has 0 saturated carbocycles. The fourth-order valence-electron chi connectivity index (χ4n) is 3.21. The molecular formula is C18H28ClNO. The van der Waals surface area contributed by atoms with Crippen LogP contribution >= 0.6 is 11.6 Å². The molecule has 0 aliphatic carbocycles. The zero-order valence-corrected chi connectivity index (χ0v) is 14.3. The molecule has 0 amide bonds. The summed E-state index contributed by atoms with van der Waals surface area (Å²) >= 11 is 6.26. The normalized spacial score (nSPS) is 18.7. The molecule has 3 heteroatoms. The van der Waals surface area contributed by atoms with Crippen LogP contribution in [0.4, 0.5) is 0 Å². The maximum absolute atomic E-state index is 6.26. The van der Waals surface area contributed by atoms with Gasteiger partial charge >= 0.3 is 0 Å². The van der Waals surface area contributed by atoms with E-state index in [2.05, 4.69) is 24.8 Å². The van der Waals surface area contributed by atoms with E-state index >= 15 is 0 Å². The molecular weight excluding hydrogens is 282 g/mol. The summed E-state index contributed by atoms with van der Waals surface area (Å²) in [6, 6.07) is 6.07. The highest BCUT2D eigenvalue weighted by Crippen LogP contribution is 2.36. The summed E-state index contributed by atoms with van der Waals surface area (Å²) in [5.41, 5.74) is 1.28. The molecule has 118 valence electrons. The Morgan fingerprint density at radius 2 is 1.95 bits per heavy atom. The van der Waals surface area contributed by atoms with E-state index in [4.69, 9.17) is 16.3 Å². The van der Waals surface area contributed by atoms with E-state index < -0.39 is 0 Å². The van der Waals surface area contributed by atoms with E-state index in [0.29, 0.717) is 18.4 Å². The molecule has 1 saturated heterocycles. The summed E-state index contributed by atoms with van der Waals surface area (Å²) in [5, 5.41) is 0.808. The first-order valence-corrected chi connectivity index (χ1v) is 8.68. The molecule has 2 rings (SSSR count). The zero-order valence-electron chi connectivity index (χ0n) is 13.6. The minimum atomic E-state index is 0.494. The molecule has 2 atom stereocenters. The molecule has 0 bridgehead atoms. The van der Waals surface area contributed by atoms with Gasteiger partial charge in [0.2, 0.25) is 0 Å². The van der Waals surface area contributed by atoms with Crippen molar-refractivity contribution < 1.29 is 4.74 Å². The molecule has 1 aliphatic rings. The highest BCUT2D eigenvalue weighted by molar-refractivity contribution is 6.30. The number of benzene rings is 1. The monoisotopic (exact) mass is 309 g/mol. The number of rotatable bonds is 7. The molecule has 1 fully saturated rings. The van der Waals surface area contributed by atoms with Crippen LogP contribution in [0.25, 0.3) is 0 Å². The van der Waals surface area contributed by atoms with Gasteiger partial charge in [-0.05, 0) is 57.0 Å². The Balaban J connectivity index is 2.27. The maximum Gasteiger partial charge on any atom is 0.122 e. The molecule has 21 heavy (non-hydrogen) atoms. The Bertz CT molecular complexity index is 443. The summed E-state index contributed by atoms with van der Waals surface area (Å²) in [4.78, 5) is 2.59. The van der Waals surface area contributed by atoms with Crippen molar-refractivity contribution in [1.29, 1.82) is 0 Å². The second-order valence-corrected chi connectivity index (χ2v) is 6.55. The van der Waals surface area contributed by atoms with Crippen molar-refractivity contribution >= 4 is 11.6 Å². The number of nitrogens with zero attached hydrogens (tertiary/aromatic N) is 1. The van der Waals surface area contributed by atoms with Crippen molar-refractivity contribution in [2.24, 2.45) is 5.92 Å². The predicted molar refractivity (Wildman–Crippen MR) is 90.5 cm³/mol. The third-order valence-electron chi connectivity index (χ3n) is 4.66. The lowest BCUT2D eigenvalue weighted by atomic mass is 9.84. The molecule has 0 spiro atoms. The van der Waals surface area contributed by atoms with Gasteiger partial charge in [0.15, 0.2) is 0 Å². The van der Waals surface area contributed by atoms with Crippen LogP contribution in [0.1, 0.15) is 51.5 Å². The zero-order chi connectivity index (χ0) is 15.2. The van der Waals surface area contributed by atoms with Crippen molar-refractivity contribution in [2.45, 2.75) is 46.0 Å².